The average Bonchev–Trinajstić information content (AvgIpc) is 3.11. The molecule has 2 aromatic carbocycles. The van der Waals surface area contributed by atoms with Crippen LogP contribution >= 0.6 is 27.7 Å². The van der Waals surface area contributed by atoms with Gasteiger partial charge < -0.3 is 15.2 Å². The van der Waals surface area contributed by atoms with Crippen molar-refractivity contribution in [2.45, 2.75) is 32.0 Å². The second kappa shape index (κ2) is 10.3. The number of rotatable bonds is 7. The van der Waals surface area contributed by atoms with Crippen molar-refractivity contribution >= 4 is 45.2 Å². The molecule has 0 aliphatic rings. The molecule has 1 heterocycles. The van der Waals surface area contributed by atoms with Gasteiger partial charge in [-0.3, -0.25) is 9.59 Å². The van der Waals surface area contributed by atoms with E-state index in [4.69, 9.17) is 0 Å². The number of hydrogen-bond acceptors (Lipinski definition) is 5. The number of benzene rings is 2. The van der Waals surface area contributed by atoms with Crippen molar-refractivity contribution in [1.29, 1.82) is 0 Å². The second-order valence-corrected chi connectivity index (χ2v) is 9.15. The zero-order valence-corrected chi connectivity index (χ0v) is 20.5. The van der Waals surface area contributed by atoms with E-state index < -0.39 is 11.9 Å². The number of halogens is 2. The Labute approximate surface area is 198 Å². The maximum atomic E-state index is 13.1. The Hall–Kier alpha value is -2.72. The Bertz CT molecular complexity index is 1150. The van der Waals surface area contributed by atoms with E-state index >= 15 is 0 Å². The molecule has 2 amide bonds. The van der Waals surface area contributed by atoms with Gasteiger partial charge in [-0.05, 0) is 84.2 Å². The van der Waals surface area contributed by atoms with Crippen molar-refractivity contribution in [3.63, 3.8) is 0 Å². The van der Waals surface area contributed by atoms with Crippen LogP contribution in [0.2, 0.25) is 0 Å². The number of anilines is 1. The van der Waals surface area contributed by atoms with Crippen LogP contribution in [0, 0.1) is 19.7 Å². The number of hydrogen-bond donors (Lipinski definition) is 2. The van der Waals surface area contributed by atoms with Crippen molar-refractivity contribution in [1.82, 2.24) is 20.1 Å². The Kier molecular flexibility index (Phi) is 7.68. The number of nitrogens with zero attached hydrogens (tertiary/aromatic N) is 3. The fourth-order valence-corrected chi connectivity index (χ4v) is 4.24. The second-order valence-electron chi connectivity index (χ2n) is 7.35. The van der Waals surface area contributed by atoms with Crippen molar-refractivity contribution in [2.75, 3.05) is 11.1 Å². The molecule has 0 aliphatic carbocycles. The number of amides is 2. The number of aryl methyl sites for hydroxylation is 2. The third kappa shape index (κ3) is 5.74. The number of aromatic nitrogens is 3. The van der Waals surface area contributed by atoms with Crippen molar-refractivity contribution in [2.24, 2.45) is 7.05 Å². The third-order valence-corrected chi connectivity index (χ3v) is 6.58. The SMILES string of the molecule is Cc1cc(Br)c(NC(=O)CSc2nnc([C@H](C)NC(=O)c3ccc(F)cc3)n2C)cc1C. The molecule has 0 saturated heterocycles. The Morgan fingerprint density at radius 1 is 1.16 bits per heavy atom. The van der Waals surface area contributed by atoms with Gasteiger partial charge in [0, 0.05) is 17.1 Å². The van der Waals surface area contributed by atoms with E-state index in [1.807, 2.05) is 26.0 Å². The molecule has 1 aromatic heterocycles. The van der Waals surface area contributed by atoms with Crippen LogP contribution in [0.15, 0.2) is 46.0 Å². The monoisotopic (exact) mass is 519 g/mol. The quantitative estimate of drug-likeness (QED) is 0.446. The molecule has 0 radical (unpaired) electrons. The summed E-state index contributed by atoms with van der Waals surface area (Å²) in [6.07, 6.45) is 0. The molecule has 168 valence electrons. The number of thioether (sulfide) groups is 1. The van der Waals surface area contributed by atoms with Crippen molar-refractivity contribution in [3.8, 4) is 0 Å². The van der Waals surface area contributed by atoms with E-state index in [0.29, 0.717) is 16.5 Å². The maximum Gasteiger partial charge on any atom is 0.251 e. The highest BCUT2D eigenvalue weighted by atomic mass is 79.9. The molecule has 0 bridgehead atoms. The van der Waals surface area contributed by atoms with E-state index in [2.05, 4.69) is 36.8 Å². The Balaban J connectivity index is 1.59. The summed E-state index contributed by atoms with van der Waals surface area (Å²) in [4.78, 5) is 24.8. The van der Waals surface area contributed by atoms with Crippen molar-refractivity contribution in [3.05, 3.63) is 69.2 Å². The van der Waals surface area contributed by atoms with Gasteiger partial charge in [0.15, 0.2) is 11.0 Å². The van der Waals surface area contributed by atoms with Crippen LogP contribution in [0.4, 0.5) is 10.1 Å². The summed E-state index contributed by atoms with van der Waals surface area (Å²) in [6.45, 7) is 5.78. The van der Waals surface area contributed by atoms with E-state index in [1.165, 1.54) is 36.0 Å². The van der Waals surface area contributed by atoms with Crippen LogP contribution in [-0.2, 0) is 11.8 Å². The number of nitrogens with one attached hydrogen (secondary N) is 2. The molecule has 0 saturated carbocycles. The summed E-state index contributed by atoms with van der Waals surface area (Å²) in [5.41, 5.74) is 3.29. The van der Waals surface area contributed by atoms with Crippen LogP contribution in [0.3, 0.4) is 0 Å². The summed E-state index contributed by atoms with van der Waals surface area (Å²) in [7, 11) is 1.77. The Morgan fingerprint density at radius 2 is 1.81 bits per heavy atom. The van der Waals surface area contributed by atoms with Crippen LogP contribution in [0.5, 0.6) is 0 Å². The summed E-state index contributed by atoms with van der Waals surface area (Å²) >= 11 is 4.73. The van der Waals surface area contributed by atoms with Crippen LogP contribution in [-0.4, -0.2) is 32.3 Å². The molecule has 0 unspecified atom stereocenters. The van der Waals surface area contributed by atoms with Crippen LogP contribution in [0.1, 0.15) is 40.3 Å². The minimum absolute atomic E-state index is 0.154. The predicted molar refractivity (Wildman–Crippen MR) is 126 cm³/mol. The molecular weight excluding hydrogens is 497 g/mol. The van der Waals surface area contributed by atoms with E-state index in [0.717, 1.165) is 21.3 Å². The zero-order valence-electron chi connectivity index (χ0n) is 18.1. The smallest absolute Gasteiger partial charge is 0.251 e. The fraction of sp³-hybridized carbons (Fsp3) is 0.273. The molecule has 10 heteroatoms. The molecular formula is C22H23BrFN5O2S. The molecule has 0 fully saturated rings. The van der Waals surface area contributed by atoms with E-state index in [9.17, 15) is 14.0 Å². The summed E-state index contributed by atoms with van der Waals surface area (Å²) in [6, 6.07) is 8.77. The zero-order chi connectivity index (χ0) is 23.4. The number of carbonyl (C=O) groups is 2. The highest BCUT2D eigenvalue weighted by Crippen LogP contribution is 2.27. The van der Waals surface area contributed by atoms with Gasteiger partial charge in [0.05, 0.1) is 17.5 Å². The molecule has 32 heavy (non-hydrogen) atoms. The lowest BCUT2D eigenvalue weighted by Gasteiger charge is -2.14. The molecule has 7 nitrogen and oxygen atoms in total. The topological polar surface area (TPSA) is 88.9 Å². The summed E-state index contributed by atoms with van der Waals surface area (Å²) in [5, 5.41) is 14.6. The average molecular weight is 520 g/mol. The standard InChI is InChI=1S/C22H23BrFN5O2S/c1-12-9-17(23)18(10-13(12)2)26-19(30)11-32-22-28-27-20(29(22)4)14(3)25-21(31)15-5-7-16(24)8-6-15/h5-10,14H,11H2,1-4H3,(H,25,31)(H,26,30)/t14-/m0/s1. The first-order valence-corrected chi connectivity index (χ1v) is 11.6. The highest BCUT2D eigenvalue weighted by Gasteiger charge is 2.19. The highest BCUT2D eigenvalue weighted by molar-refractivity contribution is 9.10. The third-order valence-electron chi connectivity index (χ3n) is 4.90. The largest absolute Gasteiger partial charge is 0.342 e. The van der Waals surface area contributed by atoms with Crippen molar-refractivity contribution < 1.29 is 14.0 Å². The lowest BCUT2D eigenvalue weighted by atomic mass is 10.1. The van der Waals surface area contributed by atoms with Gasteiger partial charge in [-0.1, -0.05) is 11.8 Å². The number of carbonyl (C=O) groups excluding carboxylic acids is 2. The van der Waals surface area contributed by atoms with Gasteiger partial charge in [0.25, 0.3) is 5.91 Å². The lowest BCUT2D eigenvalue weighted by molar-refractivity contribution is -0.113. The molecule has 1 atom stereocenters. The van der Waals surface area contributed by atoms with E-state index in [-0.39, 0.29) is 17.6 Å². The lowest BCUT2D eigenvalue weighted by Crippen LogP contribution is -2.28. The van der Waals surface area contributed by atoms with Gasteiger partial charge in [-0.25, -0.2) is 4.39 Å². The van der Waals surface area contributed by atoms with Crippen LogP contribution < -0.4 is 10.6 Å². The Morgan fingerprint density at radius 3 is 2.50 bits per heavy atom. The first-order valence-electron chi connectivity index (χ1n) is 9.80. The maximum absolute atomic E-state index is 13.1. The van der Waals surface area contributed by atoms with Gasteiger partial charge >= 0.3 is 0 Å². The minimum atomic E-state index is -0.431. The summed E-state index contributed by atoms with van der Waals surface area (Å²) in [5.74, 6) is -0.213. The summed E-state index contributed by atoms with van der Waals surface area (Å²) < 4.78 is 15.6. The minimum Gasteiger partial charge on any atom is -0.342 e. The normalized spacial score (nSPS) is 11.8. The first kappa shape index (κ1) is 23.9. The molecule has 2 N–H and O–H groups in total. The van der Waals surface area contributed by atoms with Gasteiger partial charge in [-0.2, -0.15) is 0 Å². The molecule has 3 rings (SSSR count). The van der Waals surface area contributed by atoms with E-state index in [1.54, 1.807) is 18.5 Å². The van der Waals surface area contributed by atoms with Crippen LogP contribution in [0.25, 0.3) is 0 Å². The molecule has 0 spiro atoms. The first-order chi connectivity index (χ1) is 15.2. The van der Waals surface area contributed by atoms with Gasteiger partial charge in [-0.15, -0.1) is 10.2 Å². The van der Waals surface area contributed by atoms with Gasteiger partial charge in [0.2, 0.25) is 5.91 Å². The fourth-order valence-electron chi connectivity index (χ4n) is 2.97. The molecule has 0 aliphatic heterocycles. The molecule has 3 aromatic rings. The van der Waals surface area contributed by atoms with Gasteiger partial charge in [0.1, 0.15) is 5.82 Å². The predicted octanol–water partition coefficient (Wildman–Crippen LogP) is 4.56.